The number of aromatic hydroxyl groups is 1. The van der Waals surface area contributed by atoms with Crippen LogP contribution in [0.1, 0.15) is 13.3 Å². The first kappa shape index (κ1) is 12.5. The minimum absolute atomic E-state index is 0.0439. The van der Waals surface area contributed by atoms with Gasteiger partial charge in [0.2, 0.25) is 5.78 Å². The van der Waals surface area contributed by atoms with Crippen LogP contribution in [0.3, 0.4) is 0 Å². The zero-order valence-electron chi connectivity index (χ0n) is 9.70. The van der Waals surface area contributed by atoms with E-state index >= 15 is 0 Å². The summed E-state index contributed by atoms with van der Waals surface area (Å²) in [5.41, 5.74) is 1.75. The number of benzene rings is 1. The van der Waals surface area contributed by atoms with E-state index < -0.39 is 0 Å². The lowest BCUT2D eigenvalue weighted by atomic mass is 9.96. The van der Waals surface area contributed by atoms with E-state index in [2.05, 4.69) is 4.99 Å². The van der Waals surface area contributed by atoms with Crippen molar-refractivity contribution in [2.75, 3.05) is 0 Å². The molecule has 92 valence electrons. The van der Waals surface area contributed by atoms with Crippen molar-refractivity contribution in [1.29, 1.82) is 5.41 Å². The quantitative estimate of drug-likeness (QED) is 0.816. The first-order chi connectivity index (χ1) is 8.47. The molecule has 2 rings (SSSR count). The van der Waals surface area contributed by atoms with Crippen LogP contribution in [-0.2, 0) is 4.79 Å². The lowest BCUT2D eigenvalue weighted by molar-refractivity contribution is -0.109. The lowest BCUT2D eigenvalue weighted by Crippen LogP contribution is -2.22. The molecule has 5 heteroatoms. The van der Waals surface area contributed by atoms with Crippen LogP contribution in [-0.4, -0.2) is 22.3 Å². The fourth-order valence-electron chi connectivity index (χ4n) is 1.59. The van der Waals surface area contributed by atoms with Gasteiger partial charge in [-0.3, -0.25) is 4.79 Å². The Kier molecular flexibility index (Phi) is 3.30. The monoisotopic (exact) mass is 262 g/mol. The second-order valence-corrected chi connectivity index (χ2v) is 4.45. The standard InChI is InChI=1S/C13H11ClN2O2/c1-7-4-13(18)12(6-10(7)15)16-11-3-2-8(17)5-9(11)14/h2-5,15,17H,6H2,1H3. The Morgan fingerprint density at radius 1 is 1.44 bits per heavy atom. The molecule has 0 atom stereocenters. The molecule has 0 fully saturated rings. The molecule has 1 aromatic rings. The summed E-state index contributed by atoms with van der Waals surface area (Å²) in [4.78, 5) is 15.9. The highest BCUT2D eigenvalue weighted by atomic mass is 35.5. The number of aliphatic imine (C=N–C) groups is 1. The van der Waals surface area contributed by atoms with Crippen molar-refractivity contribution in [3.8, 4) is 5.75 Å². The third-order valence-electron chi connectivity index (χ3n) is 2.64. The van der Waals surface area contributed by atoms with Crippen molar-refractivity contribution in [2.24, 2.45) is 4.99 Å². The molecule has 0 aliphatic heterocycles. The predicted octanol–water partition coefficient (Wildman–Crippen LogP) is 3.06. The van der Waals surface area contributed by atoms with E-state index in [0.29, 0.717) is 17.0 Å². The molecule has 0 bridgehead atoms. The molecule has 0 heterocycles. The second kappa shape index (κ2) is 4.74. The molecule has 0 aromatic heterocycles. The molecule has 0 spiro atoms. The van der Waals surface area contributed by atoms with Gasteiger partial charge in [0.05, 0.1) is 16.4 Å². The zero-order chi connectivity index (χ0) is 13.3. The number of nitrogens with one attached hydrogen (secondary N) is 1. The highest BCUT2D eigenvalue weighted by molar-refractivity contribution is 6.50. The van der Waals surface area contributed by atoms with Crippen LogP contribution in [0.2, 0.25) is 5.02 Å². The number of carbonyl (C=O) groups excluding carboxylic acids is 1. The maximum atomic E-state index is 11.7. The molecule has 1 aromatic carbocycles. The Balaban J connectivity index is 2.40. The second-order valence-electron chi connectivity index (χ2n) is 4.04. The van der Waals surface area contributed by atoms with Crippen molar-refractivity contribution in [2.45, 2.75) is 13.3 Å². The summed E-state index contributed by atoms with van der Waals surface area (Å²) in [6.07, 6.45) is 1.61. The first-order valence-corrected chi connectivity index (χ1v) is 5.71. The zero-order valence-corrected chi connectivity index (χ0v) is 10.5. The van der Waals surface area contributed by atoms with Crippen LogP contribution in [0.25, 0.3) is 0 Å². The summed E-state index contributed by atoms with van der Waals surface area (Å²) >= 11 is 5.91. The predicted molar refractivity (Wildman–Crippen MR) is 71.3 cm³/mol. The average Bonchev–Trinajstić information content (AvgIpc) is 2.29. The van der Waals surface area contributed by atoms with Crippen molar-refractivity contribution in [1.82, 2.24) is 0 Å². The van der Waals surface area contributed by atoms with E-state index in [9.17, 15) is 9.90 Å². The van der Waals surface area contributed by atoms with Gasteiger partial charge in [-0.05, 0) is 30.7 Å². The molecule has 4 nitrogen and oxygen atoms in total. The number of nitrogens with zero attached hydrogens (tertiary/aromatic N) is 1. The summed E-state index contributed by atoms with van der Waals surface area (Å²) < 4.78 is 0. The van der Waals surface area contributed by atoms with E-state index in [1.807, 2.05) is 0 Å². The largest absolute Gasteiger partial charge is 0.508 e. The van der Waals surface area contributed by atoms with Gasteiger partial charge in [-0.15, -0.1) is 0 Å². The van der Waals surface area contributed by atoms with E-state index in [4.69, 9.17) is 17.0 Å². The van der Waals surface area contributed by atoms with Crippen molar-refractivity contribution >= 4 is 34.5 Å². The number of hydrogen-bond acceptors (Lipinski definition) is 4. The molecular weight excluding hydrogens is 252 g/mol. The molecule has 0 radical (unpaired) electrons. The van der Waals surface area contributed by atoms with E-state index in [0.717, 1.165) is 0 Å². The van der Waals surface area contributed by atoms with Gasteiger partial charge in [0, 0.05) is 18.2 Å². The Bertz CT molecular complexity index is 603. The highest BCUT2D eigenvalue weighted by Crippen LogP contribution is 2.29. The van der Waals surface area contributed by atoms with Gasteiger partial charge < -0.3 is 10.5 Å². The normalized spacial score (nSPS) is 18.1. The van der Waals surface area contributed by atoms with E-state index in [-0.39, 0.29) is 28.7 Å². The Morgan fingerprint density at radius 3 is 2.83 bits per heavy atom. The summed E-state index contributed by atoms with van der Waals surface area (Å²) in [5, 5.41) is 17.2. The molecule has 2 N–H and O–H groups in total. The fraction of sp³-hybridized carbons (Fsp3) is 0.154. The summed E-state index contributed by atoms with van der Waals surface area (Å²) in [7, 11) is 0. The summed E-state index contributed by atoms with van der Waals surface area (Å²) in [6.45, 7) is 1.73. The van der Waals surface area contributed by atoms with Crippen LogP contribution in [0.5, 0.6) is 5.75 Å². The third kappa shape index (κ3) is 2.49. The highest BCUT2D eigenvalue weighted by Gasteiger charge is 2.19. The minimum atomic E-state index is -0.201. The number of phenolic OH excluding ortho intramolecular Hbond substituents is 1. The van der Waals surface area contributed by atoms with E-state index in [1.165, 1.54) is 24.3 Å². The van der Waals surface area contributed by atoms with Crippen LogP contribution in [0, 0.1) is 5.41 Å². The van der Waals surface area contributed by atoms with Gasteiger partial charge in [0.1, 0.15) is 5.75 Å². The molecule has 0 amide bonds. The van der Waals surface area contributed by atoms with Gasteiger partial charge in [-0.1, -0.05) is 11.6 Å². The van der Waals surface area contributed by atoms with Crippen LogP contribution >= 0.6 is 11.6 Å². The maximum absolute atomic E-state index is 11.7. The number of allylic oxidation sites excluding steroid dienone is 2. The van der Waals surface area contributed by atoms with Gasteiger partial charge in [0.25, 0.3) is 0 Å². The number of phenols is 1. The number of rotatable bonds is 1. The van der Waals surface area contributed by atoms with Gasteiger partial charge in [0.15, 0.2) is 0 Å². The molecular formula is C13H11ClN2O2. The Morgan fingerprint density at radius 2 is 2.17 bits per heavy atom. The lowest BCUT2D eigenvalue weighted by Gasteiger charge is -2.12. The molecule has 0 saturated carbocycles. The van der Waals surface area contributed by atoms with Crippen LogP contribution in [0.15, 0.2) is 34.8 Å². The smallest absolute Gasteiger partial charge is 0.200 e. The Labute approximate surface area is 109 Å². The summed E-state index contributed by atoms with van der Waals surface area (Å²) in [6, 6.07) is 4.35. The molecule has 1 aliphatic rings. The van der Waals surface area contributed by atoms with Gasteiger partial charge in [-0.25, -0.2) is 4.99 Å². The summed E-state index contributed by atoms with van der Waals surface area (Å²) in [5.74, 6) is -0.157. The topological polar surface area (TPSA) is 73.5 Å². The number of carbonyl (C=O) groups is 1. The third-order valence-corrected chi connectivity index (χ3v) is 2.94. The van der Waals surface area contributed by atoms with E-state index in [1.54, 1.807) is 6.92 Å². The van der Waals surface area contributed by atoms with Crippen LogP contribution in [0.4, 0.5) is 5.69 Å². The average molecular weight is 263 g/mol. The molecule has 18 heavy (non-hydrogen) atoms. The maximum Gasteiger partial charge on any atom is 0.200 e. The minimum Gasteiger partial charge on any atom is -0.508 e. The van der Waals surface area contributed by atoms with Crippen LogP contribution < -0.4 is 0 Å². The number of halogens is 1. The number of hydrogen-bond donors (Lipinski definition) is 2. The molecule has 0 unspecified atom stereocenters. The SMILES string of the molecule is CC1=CC(=O)C(=Nc2ccc(O)cc2Cl)CC1=N. The molecule has 1 aliphatic carbocycles. The van der Waals surface area contributed by atoms with Gasteiger partial charge >= 0.3 is 0 Å². The molecule has 0 saturated heterocycles. The van der Waals surface area contributed by atoms with Crippen molar-refractivity contribution in [3.05, 3.63) is 34.9 Å². The van der Waals surface area contributed by atoms with Crippen molar-refractivity contribution < 1.29 is 9.90 Å². The fourth-order valence-corrected chi connectivity index (χ4v) is 1.80. The first-order valence-electron chi connectivity index (χ1n) is 5.34. The Hall–Kier alpha value is -1.94. The van der Waals surface area contributed by atoms with Gasteiger partial charge in [-0.2, -0.15) is 0 Å². The van der Waals surface area contributed by atoms with Crippen molar-refractivity contribution in [3.63, 3.8) is 0 Å². The number of ketones is 1.